The summed E-state index contributed by atoms with van der Waals surface area (Å²) in [5.41, 5.74) is -0.436. The number of ether oxygens (including phenoxy) is 1. The van der Waals surface area contributed by atoms with Gasteiger partial charge in [0.1, 0.15) is 5.54 Å². The van der Waals surface area contributed by atoms with Crippen molar-refractivity contribution in [1.29, 1.82) is 5.26 Å². The first-order valence-electron chi connectivity index (χ1n) is 6.42. The molecule has 0 aromatic heterocycles. The summed E-state index contributed by atoms with van der Waals surface area (Å²) in [5.74, 6) is 0. The Morgan fingerprint density at radius 2 is 2.12 bits per heavy atom. The van der Waals surface area contributed by atoms with E-state index in [0.717, 1.165) is 32.7 Å². The molecule has 1 N–H and O–H groups in total. The molecule has 0 saturated carbocycles. The van der Waals surface area contributed by atoms with Gasteiger partial charge in [0.25, 0.3) is 0 Å². The van der Waals surface area contributed by atoms with E-state index in [0.29, 0.717) is 6.04 Å². The Labute approximate surface area is 106 Å². The Hall–Kier alpha value is -0.630. The highest BCUT2D eigenvalue weighted by atomic mass is 16.5. The number of nitriles is 1. The fourth-order valence-electron chi connectivity index (χ4n) is 2.17. The van der Waals surface area contributed by atoms with Gasteiger partial charge in [0.05, 0.1) is 12.7 Å². The molecule has 0 aromatic rings. The molecule has 0 radical (unpaired) electrons. The summed E-state index contributed by atoms with van der Waals surface area (Å²) in [6.07, 6.45) is 0.828. The fourth-order valence-corrected chi connectivity index (χ4v) is 2.17. The van der Waals surface area contributed by atoms with Gasteiger partial charge in [-0.3, -0.25) is 10.2 Å². The van der Waals surface area contributed by atoms with Crippen LogP contribution in [0.4, 0.5) is 0 Å². The predicted octanol–water partition coefficient (Wildman–Crippen LogP) is 1.63. The molecule has 0 fully saturated rings. The van der Waals surface area contributed by atoms with Crippen molar-refractivity contribution in [3.8, 4) is 6.07 Å². The van der Waals surface area contributed by atoms with Gasteiger partial charge in [-0.1, -0.05) is 13.8 Å². The van der Waals surface area contributed by atoms with Crippen LogP contribution in [0, 0.1) is 11.3 Å². The van der Waals surface area contributed by atoms with E-state index < -0.39 is 5.54 Å². The zero-order valence-electron chi connectivity index (χ0n) is 11.9. The number of nitrogens with zero attached hydrogens (tertiary/aromatic N) is 2. The van der Waals surface area contributed by atoms with Crippen LogP contribution in [-0.2, 0) is 4.74 Å². The molecule has 0 heterocycles. The predicted molar refractivity (Wildman–Crippen MR) is 70.9 cm³/mol. The van der Waals surface area contributed by atoms with Crippen LogP contribution in [0.15, 0.2) is 0 Å². The molecule has 0 aliphatic heterocycles. The summed E-state index contributed by atoms with van der Waals surface area (Å²) in [5, 5.41) is 12.5. The molecule has 0 rings (SSSR count). The Balaban J connectivity index is 4.37. The molecule has 0 aromatic carbocycles. The zero-order valence-corrected chi connectivity index (χ0v) is 11.9. The fraction of sp³-hybridized carbons (Fsp3) is 0.923. The summed E-state index contributed by atoms with van der Waals surface area (Å²) >= 11 is 0. The monoisotopic (exact) mass is 241 g/mol. The van der Waals surface area contributed by atoms with Crippen LogP contribution in [-0.4, -0.2) is 49.8 Å². The Morgan fingerprint density at radius 3 is 2.53 bits per heavy atom. The van der Waals surface area contributed by atoms with Crippen LogP contribution in [0.3, 0.4) is 0 Å². The molecule has 0 aliphatic rings. The van der Waals surface area contributed by atoms with Gasteiger partial charge in [0.15, 0.2) is 0 Å². The molecule has 100 valence electrons. The minimum absolute atomic E-state index is 0.374. The van der Waals surface area contributed by atoms with E-state index in [1.807, 2.05) is 13.8 Å². The van der Waals surface area contributed by atoms with Crippen LogP contribution in [0.1, 0.15) is 34.1 Å². The van der Waals surface area contributed by atoms with Crippen LogP contribution in [0.2, 0.25) is 0 Å². The molecular weight excluding hydrogens is 214 g/mol. The topological polar surface area (TPSA) is 48.3 Å². The van der Waals surface area contributed by atoms with Crippen molar-refractivity contribution in [1.82, 2.24) is 10.2 Å². The van der Waals surface area contributed by atoms with Gasteiger partial charge < -0.3 is 4.74 Å². The van der Waals surface area contributed by atoms with E-state index in [2.05, 4.69) is 30.1 Å². The van der Waals surface area contributed by atoms with Gasteiger partial charge >= 0.3 is 0 Å². The molecule has 0 aliphatic carbocycles. The highest BCUT2D eigenvalue weighted by Gasteiger charge is 2.27. The van der Waals surface area contributed by atoms with Crippen molar-refractivity contribution >= 4 is 0 Å². The van der Waals surface area contributed by atoms with Crippen molar-refractivity contribution in [2.24, 2.45) is 0 Å². The number of hydrogen-bond acceptors (Lipinski definition) is 4. The first kappa shape index (κ1) is 16.4. The van der Waals surface area contributed by atoms with Gasteiger partial charge in [0, 0.05) is 19.7 Å². The maximum absolute atomic E-state index is 9.24. The normalized spacial score (nSPS) is 16.5. The Morgan fingerprint density at radius 1 is 1.47 bits per heavy atom. The highest BCUT2D eigenvalue weighted by Crippen LogP contribution is 2.15. The highest BCUT2D eigenvalue weighted by molar-refractivity contribution is 5.05. The third kappa shape index (κ3) is 6.02. The van der Waals surface area contributed by atoms with Gasteiger partial charge in [-0.25, -0.2) is 0 Å². The molecule has 0 bridgehead atoms. The quantitative estimate of drug-likeness (QED) is 0.666. The number of rotatable bonds is 9. The summed E-state index contributed by atoms with van der Waals surface area (Å²) in [6.45, 7) is 11.8. The van der Waals surface area contributed by atoms with Gasteiger partial charge in [-0.15, -0.1) is 0 Å². The first-order valence-corrected chi connectivity index (χ1v) is 6.42. The average molecular weight is 241 g/mol. The first-order chi connectivity index (χ1) is 8.02. The number of methoxy groups -OCH3 is 1. The molecule has 17 heavy (non-hydrogen) atoms. The van der Waals surface area contributed by atoms with Gasteiger partial charge in [0.2, 0.25) is 0 Å². The molecular formula is C13H27N3O. The second-order valence-corrected chi connectivity index (χ2v) is 4.65. The smallest absolute Gasteiger partial charge is 0.105 e. The van der Waals surface area contributed by atoms with Crippen LogP contribution < -0.4 is 5.32 Å². The number of likely N-dealkylation sites (N-methyl/N-ethyl adjacent to an activating group) is 1. The third-order valence-corrected chi connectivity index (χ3v) is 3.13. The number of hydrogen-bond donors (Lipinski definition) is 1. The lowest BCUT2D eigenvalue weighted by Crippen LogP contribution is -2.47. The van der Waals surface area contributed by atoms with E-state index in [9.17, 15) is 5.26 Å². The summed E-state index contributed by atoms with van der Waals surface area (Å²) in [7, 11) is 1.72. The van der Waals surface area contributed by atoms with E-state index in [1.165, 1.54) is 0 Å². The Kier molecular flexibility index (Phi) is 8.15. The van der Waals surface area contributed by atoms with E-state index in [4.69, 9.17) is 4.74 Å². The number of nitrogens with one attached hydrogen (secondary N) is 1. The van der Waals surface area contributed by atoms with Crippen molar-refractivity contribution in [2.75, 3.05) is 33.4 Å². The minimum Gasteiger partial charge on any atom is -0.383 e. The standard InChI is InChI=1S/C13H27N3O/c1-6-15-13(4,11-14)10-12(3)16(7-2)8-9-17-5/h12,15H,6-10H2,1-5H3. The second kappa shape index (κ2) is 8.46. The summed E-state index contributed by atoms with van der Waals surface area (Å²) < 4.78 is 5.11. The zero-order chi connectivity index (χ0) is 13.3. The lowest BCUT2D eigenvalue weighted by Gasteiger charge is -2.33. The molecule has 0 saturated heterocycles. The molecule has 4 heteroatoms. The molecule has 4 nitrogen and oxygen atoms in total. The van der Waals surface area contributed by atoms with Crippen LogP contribution in [0.5, 0.6) is 0 Å². The van der Waals surface area contributed by atoms with Crippen molar-refractivity contribution in [2.45, 2.75) is 45.7 Å². The lowest BCUT2D eigenvalue weighted by molar-refractivity contribution is 0.118. The largest absolute Gasteiger partial charge is 0.383 e. The van der Waals surface area contributed by atoms with Crippen molar-refractivity contribution in [3.05, 3.63) is 0 Å². The molecule has 2 unspecified atom stereocenters. The maximum atomic E-state index is 9.24. The van der Waals surface area contributed by atoms with Gasteiger partial charge in [-0.2, -0.15) is 5.26 Å². The third-order valence-electron chi connectivity index (χ3n) is 3.13. The van der Waals surface area contributed by atoms with E-state index >= 15 is 0 Å². The molecule has 0 spiro atoms. The SMILES string of the molecule is CCNC(C)(C#N)CC(C)N(CC)CCOC. The van der Waals surface area contributed by atoms with Crippen LogP contribution >= 0.6 is 0 Å². The van der Waals surface area contributed by atoms with Crippen LogP contribution in [0.25, 0.3) is 0 Å². The summed E-state index contributed by atoms with van der Waals surface area (Å²) in [4.78, 5) is 2.34. The van der Waals surface area contributed by atoms with E-state index in [1.54, 1.807) is 7.11 Å². The molecule has 0 amide bonds. The maximum Gasteiger partial charge on any atom is 0.105 e. The average Bonchev–Trinajstić information content (AvgIpc) is 2.30. The Bertz CT molecular complexity index is 239. The van der Waals surface area contributed by atoms with Crippen molar-refractivity contribution < 1.29 is 4.74 Å². The van der Waals surface area contributed by atoms with Gasteiger partial charge in [-0.05, 0) is 33.4 Å². The van der Waals surface area contributed by atoms with E-state index in [-0.39, 0.29) is 0 Å². The minimum atomic E-state index is -0.436. The second-order valence-electron chi connectivity index (χ2n) is 4.65. The summed E-state index contributed by atoms with van der Waals surface area (Å²) in [6, 6.07) is 2.75. The molecule has 2 atom stereocenters. The lowest BCUT2D eigenvalue weighted by atomic mass is 9.94. The van der Waals surface area contributed by atoms with Crippen molar-refractivity contribution in [3.63, 3.8) is 0 Å².